The molecule has 5 rings (SSSR count). The summed E-state index contributed by atoms with van der Waals surface area (Å²) in [6.07, 6.45) is 4.76. The summed E-state index contributed by atoms with van der Waals surface area (Å²) >= 11 is 0. The van der Waals surface area contributed by atoms with Crippen LogP contribution in [0.25, 0.3) is 16.5 Å². The number of likely N-dealkylation sites (tertiary alicyclic amines) is 1. The molecule has 0 aliphatic carbocycles. The minimum atomic E-state index is -0.832. The van der Waals surface area contributed by atoms with Crippen molar-refractivity contribution in [3.63, 3.8) is 0 Å². The van der Waals surface area contributed by atoms with Gasteiger partial charge in [-0.2, -0.15) is 0 Å². The minimum absolute atomic E-state index is 0.0131. The number of carbonyl (C=O) groups is 2. The molecule has 1 N–H and O–H groups in total. The Balaban J connectivity index is 1.64. The number of Topliss-reactive ketones (excluding diaryl/α,β-unsaturated/α-hetero) is 1. The maximum absolute atomic E-state index is 13.0. The Morgan fingerprint density at radius 3 is 2.58 bits per heavy atom. The average Bonchev–Trinajstić information content (AvgIpc) is 3.42. The lowest BCUT2D eigenvalue weighted by Gasteiger charge is -2.23. The lowest BCUT2D eigenvalue weighted by Crippen LogP contribution is -2.29. The number of hydrogen-bond acceptors (Lipinski definition) is 5. The number of nitrogens with zero attached hydrogens (tertiary/aromatic N) is 2. The molecule has 6 heteroatoms. The van der Waals surface area contributed by atoms with Crippen LogP contribution in [0, 0.1) is 0 Å². The van der Waals surface area contributed by atoms with E-state index < -0.39 is 17.7 Å². The second-order valence-corrected chi connectivity index (χ2v) is 7.37. The fraction of sp³-hybridized carbons (Fsp3) is 0.0800. The van der Waals surface area contributed by atoms with Crippen LogP contribution in [0.1, 0.15) is 22.9 Å². The molecule has 2 aromatic heterocycles. The SMILES string of the molecule is O=C1C(=O)N(Cc2cccnc2)C(c2ccco2)/C1=C(/O)c1ccc2ccccc2c1. The first-order chi connectivity index (χ1) is 15.1. The molecule has 1 aliphatic heterocycles. The molecular weight excluding hydrogens is 392 g/mol. The van der Waals surface area contributed by atoms with Crippen molar-refractivity contribution in [1.29, 1.82) is 0 Å². The van der Waals surface area contributed by atoms with Crippen LogP contribution in [0.4, 0.5) is 0 Å². The van der Waals surface area contributed by atoms with Gasteiger partial charge in [0.1, 0.15) is 17.6 Å². The lowest BCUT2D eigenvalue weighted by molar-refractivity contribution is -0.140. The number of aliphatic hydroxyl groups is 1. The van der Waals surface area contributed by atoms with Crippen molar-refractivity contribution >= 4 is 28.2 Å². The van der Waals surface area contributed by atoms with Gasteiger partial charge in [0.15, 0.2) is 0 Å². The number of amides is 1. The first-order valence-electron chi connectivity index (χ1n) is 9.83. The van der Waals surface area contributed by atoms with Crippen molar-refractivity contribution in [1.82, 2.24) is 9.88 Å². The van der Waals surface area contributed by atoms with Gasteiger partial charge in [0.25, 0.3) is 11.7 Å². The molecule has 0 spiro atoms. The van der Waals surface area contributed by atoms with Crippen molar-refractivity contribution in [2.45, 2.75) is 12.6 Å². The summed E-state index contributed by atoms with van der Waals surface area (Å²) < 4.78 is 5.56. The zero-order valence-corrected chi connectivity index (χ0v) is 16.4. The third-order valence-electron chi connectivity index (χ3n) is 5.45. The van der Waals surface area contributed by atoms with E-state index in [0.717, 1.165) is 16.3 Å². The molecular formula is C25H18N2O4. The Labute approximate surface area is 178 Å². The lowest BCUT2D eigenvalue weighted by atomic mass is 9.97. The fourth-order valence-corrected chi connectivity index (χ4v) is 3.97. The molecule has 0 saturated carbocycles. The molecule has 1 saturated heterocycles. The summed E-state index contributed by atoms with van der Waals surface area (Å²) in [4.78, 5) is 31.5. The normalized spacial score (nSPS) is 18.1. The molecule has 1 unspecified atom stereocenters. The van der Waals surface area contributed by atoms with Crippen molar-refractivity contribution < 1.29 is 19.1 Å². The third kappa shape index (κ3) is 3.28. The van der Waals surface area contributed by atoms with Crippen molar-refractivity contribution in [3.05, 3.63) is 108 Å². The number of rotatable bonds is 4. The molecule has 152 valence electrons. The quantitative estimate of drug-likeness (QED) is 0.305. The largest absolute Gasteiger partial charge is 0.507 e. The Morgan fingerprint density at radius 2 is 1.84 bits per heavy atom. The van der Waals surface area contributed by atoms with Crippen LogP contribution in [0.15, 0.2) is 95.4 Å². The minimum Gasteiger partial charge on any atom is -0.507 e. The Bertz CT molecular complexity index is 1310. The first kappa shape index (κ1) is 18.8. The highest BCUT2D eigenvalue weighted by Gasteiger charge is 2.47. The highest BCUT2D eigenvalue weighted by molar-refractivity contribution is 6.46. The monoisotopic (exact) mass is 410 g/mol. The molecule has 0 bridgehead atoms. The van der Waals surface area contributed by atoms with Gasteiger partial charge in [-0.15, -0.1) is 0 Å². The molecule has 4 aromatic rings. The van der Waals surface area contributed by atoms with E-state index in [1.165, 1.54) is 11.2 Å². The van der Waals surface area contributed by atoms with Gasteiger partial charge in [0, 0.05) is 24.5 Å². The van der Waals surface area contributed by atoms with Gasteiger partial charge in [-0.25, -0.2) is 0 Å². The number of hydrogen-bond donors (Lipinski definition) is 1. The molecule has 1 atom stereocenters. The van der Waals surface area contributed by atoms with E-state index >= 15 is 0 Å². The fourth-order valence-electron chi connectivity index (χ4n) is 3.97. The number of aromatic nitrogens is 1. The highest BCUT2D eigenvalue weighted by atomic mass is 16.3. The maximum Gasteiger partial charge on any atom is 0.296 e. The van der Waals surface area contributed by atoms with E-state index in [1.807, 2.05) is 36.4 Å². The van der Waals surface area contributed by atoms with E-state index in [-0.39, 0.29) is 17.9 Å². The summed E-state index contributed by atoms with van der Waals surface area (Å²) in [6.45, 7) is 0.165. The first-order valence-corrected chi connectivity index (χ1v) is 9.83. The Kier molecular flexibility index (Phi) is 4.59. The van der Waals surface area contributed by atoms with Crippen LogP contribution < -0.4 is 0 Å². The number of fused-ring (bicyclic) bond motifs is 1. The summed E-state index contributed by atoms with van der Waals surface area (Å²) in [7, 11) is 0. The molecule has 31 heavy (non-hydrogen) atoms. The Hall–Kier alpha value is -4.19. The number of pyridine rings is 1. The number of furan rings is 1. The van der Waals surface area contributed by atoms with Gasteiger partial charge in [-0.05, 0) is 40.6 Å². The van der Waals surface area contributed by atoms with E-state index in [1.54, 1.807) is 42.7 Å². The zero-order valence-electron chi connectivity index (χ0n) is 16.4. The van der Waals surface area contributed by atoms with Gasteiger partial charge < -0.3 is 14.4 Å². The van der Waals surface area contributed by atoms with Crippen LogP contribution in [-0.2, 0) is 16.1 Å². The topological polar surface area (TPSA) is 83.6 Å². The summed E-state index contributed by atoms with van der Waals surface area (Å²) in [5.41, 5.74) is 1.25. The second-order valence-electron chi connectivity index (χ2n) is 7.37. The van der Waals surface area contributed by atoms with E-state index in [2.05, 4.69) is 4.98 Å². The van der Waals surface area contributed by atoms with Gasteiger partial charge in [0.2, 0.25) is 0 Å². The predicted octanol–water partition coefficient (Wildman–Crippen LogP) is 4.45. The molecule has 1 aliphatic rings. The van der Waals surface area contributed by atoms with Gasteiger partial charge >= 0.3 is 0 Å². The standard InChI is InChI=1S/C25H18N2O4/c28-23(19-10-9-17-6-1-2-7-18(17)13-19)21-22(20-8-4-12-31-20)27(25(30)24(21)29)15-16-5-3-11-26-14-16/h1-14,22,28H,15H2/b23-21-. The number of benzene rings is 2. The third-order valence-corrected chi connectivity index (χ3v) is 5.45. The molecule has 6 nitrogen and oxygen atoms in total. The Morgan fingerprint density at radius 1 is 1.00 bits per heavy atom. The average molecular weight is 410 g/mol. The van der Waals surface area contributed by atoms with Gasteiger partial charge in [-0.1, -0.05) is 42.5 Å². The zero-order chi connectivity index (χ0) is 21.4. The number of ketones is 1. The number of aliphatic hydroxyl groups excluding tert-OH is 1. The summed E-state index contributed by atoms with van der Waals surface area (Å²) in [5, 5.41) is 13.1. The van der Waals surface area contributed by atoms with Crippen LogP contribution in [0.2, 0.25) is 0 Å². The molecule has 1 fully saturated rings. The molecule has 0 radical (unpaired) electrons. The van der Waals surface area contributed by atoms with Crippen LogP contribution >= 0.6 is 0 Å². The number of carbonyl (C=O) groups excluding carboxylic acids is 2. The highest BCUT2D eigenvalue weighted by Crippen LogP contribution is 2.40. The maximum atomic E-state index is 13.0. The molecule has 3 heterocycles. The van der Waals surface area contributed by atoms with Crippen LogP contribution in [0.3, 0.4) is 0 Å². The van der Waals surface area contributed by atoms with Gasteiger partial charge in [-0.3, -0.25) is 14.6 Å². The van der Waals surface area contributed by atoms with E-state index in [4.69, 9.17) is 4.42 Å². The summed E-state index contributed by atoms with van der Waals surface area (Å²) in [6, 6.07) is 19.3. The van der Waals surface area contributed by atoms with Crippen molar-refractivity contribution in [3.8, 4) is 0 Å². The van der Waals surface area contributed by atoms with E-state index in [0.29, 0.717) is 11.3 Å². The predicted molar refractivity (Wildman–Crippen MR) is 115 cm³/mol. The van der Waals surface area contributed by atoms with Crippen molar-refractivity contribution in [2.75, 3.05) is 0 Å². The second kappa shape index (κ2) is 7.57. The summed E-state index contributed by atoms with van der Waals surface area (Å²) in [5.74, 6) is -1.24. The van der Waals surface area contributed by atoms with Crippen LogP contribution in [0.5, 0.6) is 0 Å². The molecule has 1 amide bonds. The van der Waals surface area contributed by atoms with Crippen LogP contribution in [-0.4, -0.2) is 26.7 Å². The van der Waals surface area contributed by atoms with Crippen molar-refractivity contribution in [2.24, 2.45) is 0 Å². The van der Waals surface area contributed by atoms with E-state index in [9.17, 15) is 14.7 Å². The van der Waals surface area contributed by atoms with Gasteiger partial charge in [0.05, 0.1) is 11.8 Å². The molecule has 2 aromatic carbocycles. The smallest absolute Gasteiger partial charge is 0.296 e.